The number of quaternary nitrogens is 1. The van der Waals surface area contributed by atoms with E-state index >= 15 is 0 Å². The van der Waals surface area contributed by atoms with Crippen molar-refractivity contribution in [3.8, 4) is 11.5 Å². The molecule has 1 saturated carbocycles. The zero-order valence-electron chi connectivity index (χ0n) is 13.0. The molecule has 0 radical (unpaired) electrons. The van der Waals surface area contributed by atoms with Crippen molar-refractivity contribution in [2.45, 2.75) is 39.2 Å². The molecule has 1 aromatic carbocycles. The number of benzene rings is 1. The first-order valence-corrected chi connectivity index (χ1v) is 7.81. The van der Waals surface area contributed by atoms with Crippen LogP contribution in [0.4, 0.5) is 0 Å². The first-order valence-electron chi connectivity index (χ1n) is 7.81. The molecule has 2 rings (SSSR count). The van der Waals surface area contributed by atoms with Gasteiger partial charge in [0.1, 0.15) is 24.7 Å². The maximum atomic E-state index is 5.77. The van der Waals surface area contributed by atoms with Crippen molar-refractivity contribution in [2.75, 3.05) is 20.3 Å². The summed E-state index contributed by atoms with van der Waals surface area (Å²) < 4.78 is 10.9. The Hall–Kier alpha value is -1.22. The third-order valence-electron chi connectivity index (χ3n) is 4.69. The van der Waals surface area contributed by atoms with Gasteiger partial charge in [0.05, 0.1) is 13.2 Å². The normalized spacial score (nSPS) is 26.2. The van der Waals surface area contributed by atoms with Crippen LogP contribution < -0.4 is 14.8 Å². The first-order chi connectivity index (χ1) is 9.70. The topological polar surface area (TPSA) is 35.1 Å². The van der Waals surface area contributed by atoms with E-state index in [-0.39, 0.29) is 0 Å². The van der Waals surface area contributed by atoms with E-state index in [1.165, 1.54) is 19.3 Å². The van der Waals surface area contributed by atoms with Gasteiger partial charge in [0.15, 0.2) is 0 Å². The largest absolute Gasteiger partial charge is 0.497 e. The zero-order chi connectivity index (χ0) is 14.4. The summed E-state index contributed by atoms with van der Waals surface area (Å²) in [5.41, 5.74) is 0. The van der Waals surface area contributed by atoms with Gasteiger partial charge in [-0.1, -0.05) is 13.8 Å². The zero-order valence-corrected chi connectivity index (χ0v) is 13.0. The summed E-state index contributed by atoms with van der Waals surface area (Å²) in [6, 6.07) is 8.57. The molecule has 0 bridgehead atoms. The minimum atomic E-state index is 0.768. The molecule has 1 aliphatic rings. The van der Waals surface area contributed by atoms with E-state index in [4.69, 9.17) is 9.47 Å². The fourth-order valence-electron chi connectivity index (χ4n) is 3.09. The Labute approximate surface area is 122 Å². The van der Waals surface area contributed by atoms with Crippen molar-refractivity contribution in [3.05, 3.63) is 24.3 Å². The highest BCUT2D eigenvalue weighted by Crippen LogP contribution is 2.27. The fourth-order valence-corrected chi connectivity index (χ4v) is 3.09. The Bertz CT molecular complexity index is 390. The molecular formula is C17H28NO2+. The molecule has 0 aromatic heterocycles. The number of hydrogen-bond donors (Lipinski definition) is 1. The molecular weight excluding hydrogens is 250 g/mol. The van der Waals surface area contributed by atoms with Crippen LogP contribution in [0.15, 0.2) is 24.3 Å². The van der Waals surface area contributed by atoms with Crippen LogP contribution in [0.25, 0.3) is 0 Å². The van der Waals surface area contributed by atoms with Crippen LogP contribution in [0.1, 0.15) is 33.1 Å². The molecule has 3 atom stereocenters. The molecule has 3 nitrogen and oxygen atoms in total. The molecule has 1 fully saturated rings. The smallest absolute Gasteiger partial charge is 0.137 e. The van der Waals surface area contributed by atoms with Crippen LogP contribution in [-0.2, 0) is 0 Å². The van der Waals surface area contributed by atoms with Crippen LogP contribution in [0.3, 0.4) is 0 Å². The molecule has 20 heavy (non-hydrogen) atoms. The van der Waals surface area contributed by atoms with E-state index in [1.807, 2.05) is 24.3 Å². The Morgan fingerprint density at radius 2 is 1.80 bits per heavy atom. The number of methoxy groups -OCH3 is 1. The summed E-state index contributed by atoms with van der Waals surface area (Å²) in [4.78, 5) is 0. The fraction of sp³-hybridized carbons (Fsp3) is 0.647. The van der Waals surface area contributed by atoms with Gasteiger partial charge in [-0.15, -0.1) is 0 Å². The number of nitrogens with two attached hydrogens (primary N) is 1. The van der Waals surface area contributed by atoms with E-state index < -0.39 is 0 Å². The Balaban J connectivity index is 1.68. The van der Waals surface area contributed by atoms with Gasteiger partial charge < -0.3 is 14.8 Å². The first kappa shape index (κ1) is 15.2. The second-order valence-electron chi connectivity index (χ2n) is 5.98. The van der Waals surface area contributed by atoms with Crippen molar-refractivity contribution in [1.82, 2.24) is 0 Å². The predicted octanol–water partition coefficient (Wildman–Crippen LogP) is 2.46. The molecule has 0 saturated heterocycles. The van der Waals surface area contributed by atoms with Crippen molar-refractivity contribution in [2.24, 2.45) is 11.8 Å². The second kappa shape index (κ2) is 7.53. The van der Waals surface area contributed by atoms with Gasteiger partial charge in [-0.2, -0.15) is 0 Å². The van der Waals surface area contributed by atoms with E-state index in [2.05, 4.69) is 19.2 Å². The lowest BCUT2D eigenvalue weighted by molar-refractivity contribution is -0.699. The summed E-state index contributed by atoms with van der Waals surface area (Å²) >= 11 is 0. The van der Waals surface area contributed by atoms with Crippen LogP contribution in [0, 0.1) is 11.8 Å². The van der Waals surface area contributed by atoms with Crippen molar-refractivity contribution in [3.63, 3.8) is 0 Å². The lowest BCUT2D eigenvalue weighted by atomic mass is 9.78. The third kappa shape index (κ3) is 4.14. The minimum Gasteiger partial charge on any atom is -0.497 e. The second-order valence-corrected chi connectivity index (χ2v) is 5.98. The van der Waals surface area contributed by atoms with Gasteiger partial charge in [-0.05, 0) is 49.4 Å². The number of rotatable bonds is 6. The van der Waals surface area contributed by atoms with Gasteiger partial charge in [0.25, 0.3) is 0 Å². The highest BCUT2D eigenvalue weighted by molar-refractivity contribution is 5.31. The molecule has 0 spiro atoms. The van der Waals surface area contributed by atoms with Gasteiger partial charge in [-0.25, -0.2) is 0 Å². The van der Waals surface area contributed by atoms with Crippen LogP contribution in [-0.4, -0.2) is 26.3 Å². The lowest BCUT2D eigenvalue weighted by Crippen LogP contribution is -2.92. The maximum Gasteiger partial charge on any atom is 0.137 e. The maximum absolute atomic E-state index is 5.77. The summed E-state index contributed by atoms with van der Waals surface area (Å²) in [6.45, 7) is 6.59. The van der Waals surface area contributed by atoms with E-state index in [9.17, 15) is 0 Å². The number of ether oxygens (including phenoxy) is 2. The highest BCUT2D eigenvalue weighted by Gasteiger charge is 2.29. The predicted molar refractivity (Wildman–Crippen MR) is 81.2 cm³/mol. The SMILES string of the molecule is COc1ccc(OCC[NH2+][C@H]2CCC[C@H](C)[C@H]2C)cc1. The van der Waals surface area contributed by atoms with E-state index in [0.717, 1.165) is 42.5 Å². The molecule has 112 valence electrons. The Morgan fingerprint density at radius 3 is 2.50 bits per heavy atom. The molecule has 0 heterocycles. The van der Waals surface area contributed by atoms with Crippen LogP contribution in [0.5, 0.6) is 11.5 Å². The molecule has 0 unspecified atom stereocenters. The van der Waals surface area contributed by atoms with E-state index in [0.29, 0.717) is 0 Å². The average Bonchev–Trinajstić information content (AvgIpc) is 2.48. The summed E-state index contributed by atoms with van der Waals surface area (Å²) in [7, 11) is 1.68. The van der Waals surface area contributed by atoms with Crippen molar-refractivity contribution in [1.29, 1.82) is 0 Å². The summed E-state index contributed by atoms with van der Waals surface area (Å²) in [5.74, 6) is 3.48. The summed E-state index contributed by atoms with van der Waals surface area (Å²) in [6.07, 6.45) is 4.13. The van der Waals surface area contributed by atoms with Crippen molar-refractivity contribution >= 4 is 0 Å². The average molecular weight is 278 g/mol. The Kier molecular flexibility index (Phi) is 5.72. The highest BCUT2D eigenvalue weighted by atomic mass is 16.5. The van der Waals surface area contributed by atoms with Gasteiger partial charge in [0.2, 0.25) is 0 Å². The summed E-state index contributed by atoms with van der Waals surface area (Å²) in [5, 5.41) is 2.48. The molecule has 0 aliphatic heterocycles. The van der Waals surface area contributed by atoms with E-state index in [1.54, 1.807) is 7.11 Å². The molecule has 1 aliphatic carbocycles. The number of hydrogen-bond acceptors (Lipinski definition) is 2. The van der Waals surface area contributed by atoms with Crippen LogP contribution >= 0.6 is 0 Å². The van der Waals surface area contributed by atoms with Crippen molar-refractivity contribution < 1.29 is 14.8 Å². The van der Waals surface area contributed by atoms with Gasteiger partial charge in [0, 0.05) is 5.92 Å². The minimum absolute atomic E-state index is 0.768. The molecule has 3 heteroatoms. The van der Waals surface area contributed by atoms with Crippen LogP contribution in [0.2, 0.25) is 0 Å². The lowest BCUT2D eigenvalue weighted by Gasteiger charge is -2.32. The molecule has 0 amide bonds. The monoisotopic (exact) mass is 278 g/mol. The standard InChI is InChI=1S/C17H27NO2/c1-13-5-4-6-17(14(13)2)18-11-12-20-16-9-7-15(19-3)8-10-16/h7-10,13-14,17-18H,4-6,11-12H2,1-3H3/p+1/t13-,14+,17-/m0/s1. The molecule has 2 N–H and O–H groups in total. The van der Waals surface area contributed by atoms with Gasteiger partial charge >= 0.3 is 0 Å². The third-order valence-corrected chi connectivity index (χ3v) is 4.69. The quantitative estimate of drug-likeness (QED) is 0.811. The Morgan fingerprint density at radius 1 is 1.10 bits per heavy atom. The van der Waals surface area contributed by atoms with Gasteiger partial charge in [-0.3, -0.25) is 0 Å². The molecule has 1 aromatic rings.